The average Bonchev–Trinajstić information content (AvgIpc) is 3.06. The summed E-state index contributed by atoms with van der Waals surface area (Å²) in [6.07, 6.45) is 9.33. The highest BCUT2D eigenvalue weighted by atomic mass is 16.5. The molecule has 0 N–H and O–H groups in total. The van der Waals surface area contributed by atoms with Crippen molar-refractivity contribution in [1.29, 1.82) is 0 Å². The van der Waals surface area contributed by atoms with Gasteiger partial charge in [0.05, 0.1) is 0 Å². The summed E-state index contributed by atoms with van der Waals surface area (Å²) in [5, 5.41) is 0. The van der Waals surface area contributed by atoms with Gasteiger partial charge in [-0.15, -0.1) is 0 Å². The number of Topliss-reactive ketones (excluding diaryl/α,β-unsaturated/α-hetero) is 1. The summed E-state index contributed by atoms with van der Waals surface area (Å²) in [7, 11) is 0. The summed E-state index contributed by atoms with van der Waals surface area (Å²) in [5.41, 5.74) is 2.12. The maximum atomic E-state index is 13.9. The van der Waals surface area contributed by atoms with Crippen molar-refractivity contribution in [2.45, 2.75) is 125 Å². The molecule has 0 aromatic carbocycles. The molecular weight excluding hydrogens is 452 g/mol. The fourth-order valence-corrected chi connectivity index (χ4v) is 8.81. The van der Waals surface area contributed by atoms with Crippen LogP contribution in [-0.4, -0.2) is 29.9 Å². The third-order valence-electron chi connectivity index (χ3n) is 10.6. The molecule has 5 heteroatoms. The van der Waals surface area contributed by atoms with Crippen LogP contribution in [0.4, 0.5) is 0 Å². The van der Waals surface area contributed by atoms with Gasteiger partial charge < -0.3 is 9.47 Å². The highest BCUT2D eigenvalue weighted by molar-refractivity contribution is 5.98. The first kappa shape index (κ1) is 27.4. The van der Waals surface area contributed by atoms with Crippen molar-refractivity contribution < 1.29 is 23.9 Å². The predicted octanol–water partition coefficient (Wildman–Crippen LogP) is 6.82. The zero-order chi connectivity index (χ0) is 26.4. The highest BCUT2D eigenvalue weighted by Crippen LogP contribution is 2.65. The van der Waals surface area contributed by atoms with Crippen LogP contribution in [0.15, 0.2) is 11.1 Å². The molecule has 0 aromatic rings. The molecular formula is C31H48O5. The largest absolute Gasteiger partial charge is 0.463 e. The average molecular weight is 501 g/mol. The smallest absolute Gasteiger partial charge is 0.303 e. The van der Waals surface area contributed by atoms with Gasteiger partial charge in [0, 0.05) is 25.8 Å². The quantitative estimate of drug-likeness (QED) is 0.359. The highest BCUT2D eigenvalue weighted by Gasteiger charge is 2.60. The van der Waals surface area contributed by atoms with Crippen LogP contribution in [0.5, 0.6) is 0 Å². The first-order valence-electron chi connectivity index (χ1n) is 14.5. The molecule has 8 atom stereocenters. The predicted molar refractivity (Wildman–Crippen MR) is 140 cm³/mol. The standard InChI is InChI=1S/C31H48O5/c1-18(2)9-8-10-19(3)25-17-27(36-21(5)33)29-28-24(12-14-31(25,29)7)30(6)13-11-23(35-20(4)32)15-22(30)16-26(28)34/h18-19,22-25,27H,8-17H2,1-7H3/t19-,22-,23+,24+,25-,27-,30+,31-/m1/s1. The minimum atomic E-state index is -0.274. The Morgan fingerprint density at radius 3 is 2.31 bits per heavy atom. The fraction of sp³-hybridized carbons (Fsp3) is 0.839. The van der Waals surface area contributed by atoms with Crippen molar-refractivity contribution in [3.8, 4) is 0 Å². The molecule has 0 aromatic heterocycles. The zero-order valence-corrected chi connectivity index (χ0v) is 23.7. The van der Waals surface area contributed by atoms with Gasteiger partial charge in [-0.3, -0.25) is 14.4 Å². The molecule has 3 saturated carbocycles. The van der Waals surface area contributed by atoms with Gasteiger partial charge in [-0.05, 0) is 84.5 Å². The summed E-state index contributed by atoms with van der Waals surface area (Å²) < 4.78 is 11.6. The Morgan fingerprint density at radius 1 is 0.972 bits per heavy atom. The van der Waals surface area contributed by atoms with E-state index >= 15 is 0 Å². The molecule has 0 amide bonds. The molecule has 5 nitrogen and oxygen atoms in total. The van der Waals surface area contributed by atoms with E-state index in [2.05, 4.69) is 34.6 Å². The lowest BCUT2D eigenvalue weighted by atomic mass is 9.48. The number of allylic oxidation sites excluding steroid dienone is 1. The van der Waals surface area contributed by atoms with Crippen LogP contribution in [0.3, 0.4) is 0 Å². The molecule has 36 heavy (non-hydrogen) atoms. The molecule has 0 aliphatic heterocycles. The lowest BCUT2D eigenvalue weighted by Gasteiger charge is -2.56. The normalized spacial score (nSPS) is 38.8. The monoisotopic (exact) mass is 500 g/mol. The summed E-state index contributed by atoms with van der Waals surface area (Å²) in [6.45, 7) is 14.6. The zero-order valence-electron chi connectivity index (χ0n) is 23.7. The second kappa shape index (κ2) is 10.3. The number of hydrogen-bond donors (Lipinski definition) is 0. The Kier molecular flexibility index (Phi) is 7.80. The Labute approximate surface area is 218 Å². The molecule has 0 unspecified atom stereocenters. The Bertz CT molecular complexity index is 918. The van der Waals surface area contributed by atoms with Gasteiger partial charge in [0.1, 0.15) is 12.2 Å². The van der Waals surface area contributed by atoms with Crippen LogP contribution in [0.1, 0.15) is 113 Å². The maximum Gasteiger partial charge on any atom is 0.303 e. The number of hydrogen-bond acceptors (Lipinski definition) is 5. The summed E-state index contributed by atoms with van der Waals surface area (Å²) in [5.74, 6) is 1.88. The number of esters is 2. The topological polar surface area (TPSA) is 69.7 Å². The first-order chi connectivity index (χ1) is 16.9. The Hall–Kier alpha value is -1.65. The number of rotatable bonds is 7. The van der Waals surface area contributed by atoms with E-state index < -0.39 is 0 Å². The summed E-state index contributed by atoms with van der Waals surface area (Å²) >= 11 is 0. The second-order valence-corrected chi connectivity index (χ2v) is 13.4. The molecule has 3 fully saturated rings. The van der Waals surface area contributed by atoms with Crippen LogP contribution in [0.25, 0.3) is 0 Å². The van der Waals surface area contributed by atoms with Crippen molar-refractivity contribution in [2.75, 3.05) is 0 Å². The minimum Gasteiger partial charge on any atom is -0.463 e. The fourth-order valence-electron chi connectivity index (χ4n) is 8.81. The Morgan fingerprint density at radius 2 is 1.67 bits per heavy atom. The lowest BCUT2D eigenvalue weighted by Crippen LogP contribution is -2.51. The van der Waals surface area contributed by atoms with Crippen LogP contribution >= 0.6 is 0 Å². The molecule has 0 heterocycles. The minimum absolute atomic E-state index is 0.0238. The van der Waals surface area contributed by atoms with E-state index in [1.807, 2.05) is 0 Å². The van der Waals surface area contributed by atoms with Crippen LogP contribution in [-0.2, 0) is 23.9 Å². The van der Waals surface area contributed by atoms with Crippen LogP contribution in [0, 0.1) is 40.4 Å². The number of carbonyl (C=O) groups is 3. The van der Waals surface area contributed by atoms with Crippen molar-refractivity contribution >= 4 is 17.7 Å². The van der Waals surface area contributed by atoms with E-state index in [4.69, 9.17) is 9.47 Å². The van der Waals surface area contributed by atoms with E-state index in [-0.39, 0.29) is 52.6 Å². The molecule has 4 aliphatic carbocycles. The Balaban J connectivity index is 1.67. The number of ketones is 1. The van der Waals surface area contributed by atoms with E-state index in [9.17, 15) is 14.4 Å². The van der Waals surface area contributed by atoms with Crippen molar-refractivity contribution in [1.82, 2.24) is 0 Å². The first-order valence-corrected chi connectivity index (χ1v) is 14.5. The molecule has 0 bridgehead atoms. The molecule has 4 rings (SSSR count). The second-order valence-electron chi connectivity index (χ2n) is 13.4. The van der Waals surface area contributed by atoms with Crippen molar-refractivity contribution in [2.24, 2.45) is 40.4 Å². The van der Waals surface area contributed by atoms with Crippen molar-refractivity contribution in [3.63, 3.8) is 0 Å². The van der Waals surface area contributed by atoms with Gasteiger partial charge in [-0.1, -0.05) is 53.9 Å². The molecule has 202 valence electrons. The summed E-state index contributed by atoms with van der Waals surface area (Å²) in [4.78, 5) is 37.7. The van der Waals surface area contributed by atoms with Gasteiger partial charge in [0.25, 0.3) is 0 Å². The van der Waals surface area contributed by atoms with Gasteiger partial charge in [0.2, 0.25) is 0 Å². The van der Waals surface area contributed by atoms with E-state index in [0.29, 0.717) is 24.2 Å². The number of carbonyl (C=O) groups excluding carboxylic acids is 3. The van der Waals surface area contributed by atoms with Gasteiger partial charge in [-0.2, -0.15) is 0 Å². The third kappa shape index (κ3) is 4.92. The van der Waals surface area contributed by atoms with Crippen LogP contribution < -0.4 is 0 Å². The van der Waals surface area contributed by atoms with Gasteiger partial charge in [0.15, 0.2) is 5.78 Å². The van der Waals surface area contributed by atoms with E-state index in [1.54, 1.807) is 0 Å². The number of fused-ring (bicyclic) bond motifs is 4. The lowest BCUT2D eigenvalue weighted by molar-refractivity contribution is -0.153. The molecule has 0 saturated heterocycles. The van der Waals surface area contributed by atoms with E-state index in [0.717, 1.165) is 44.1 Å². The van der Waals surface area contributed by atoms with Crippen LogP contribution in [0.2, 0.25) is 0 Å². The SMILES string of the molecule is CC(=O)O[C@H]1CC[C@@]2(C)[C@@H](CC(=O)C3=C4[C@H](OC(C)=O)C[C@H]([C@H](C)CCCC(C)C)[C@@]4(C)CC[C@@H]32)C1. The molecule has 0 radical (unpaired) electrons. The summed E-state index contributed by atoms with van der Waals surface area (Å²) in [6, 6.07) is 0. The van der Waals surface area contributed by atoms with Gasteiger partial charge in [-0.25, -0.2) is 0 Å². The van der Waals surface area contributed by atoms with Gasteiger partial charge >= 0.3 is 11.9 Å². The molecule has 0 spiro atoms. The number of ether oxygens (including phenoxy) is 2. The molecule has 4 aliphatic rings. The van der Waals surface area contributed by atoms with E-state index in [1.165, 1.54) is 38.7 Å². The third-order valence-corrected chi connectivity index (χ3v) is 10.6. The van der Waals surface area contributed by atoms with Crippen molar-refractivity contribution in [3.05, 3.63) is 11.1 Å². The maximum absolute atomic E-state index is 13.9.